The molecule has 1 amide bonds. The standard InChI is InChI=1S/C20H34N4O2.HI/c1-6-13-26-18-10-8-9-17(14-18)11-12-21-20(23-16(3)7-2)22-15-19(25)24(4)5;/h8-10,14,16H,6-7,11-13,15H2,1-5H3,(H2,21,22,23);1H. The lowest BCUT2D eigenvalue weighted by molar-refractivity contribution is -0.127. The first kappa shape index (κ1) is 25.5. The third-order valence-electron chi connectivity index (χ3n) is 3.94. The van der Waals surface area contributed by atoms with Crippen LogP contribution in [0.1, 0.15) is 39.2 Å². The van der Waals surface area contributed by atoms with Crippen molar-refractivity contribution >= 4 is 35.8 Å². The lowest BCUT2D eigenvalue weighted by atomic mass is 10.1. The molecule has 0 aliphatic rings. The van der Waals surface area contributed by atoms with E-state index in [0.29, 0.717) is 12.0 Å². The van der Waals surface area contributed by atoms with E-state index in [9.17, 15) is 4.79 Å². The van der Waals surface area contributed by atoms with E-state index in [1.54, 1.807) is 19.0 Å². The summed E-state index contributed by atoms with van der Waals surface area (Å²) in [6, 6.07) is 8.46. The van der Waals surface area contributed by atoms with Gasteiger partial charge in [-0.15, -0.1) is 24.0 Å². The second-order valence-corrected chi connectivity index (χ2v) is 6.58. The first-order valence-corrected chi connectivity index (χ1v) is 9.43. The summed E-state index contributed by atoms with van der Waals surface area (Å²) in [5.74, 6) is 1.57. The van der Waals surface area contributed by atoms with E-state index in [1.807, 2.05) is 12.1 Å². The lowest BCUT2D eigenvalue weighted by Gasteiger charge is -2.17. The number of guanidine groups is 1. The minimum Gasteiger partial charge on any atom is -0.494 e. The van der Waals surface area contributed by atoms with Crippen molar-refractivity contribution in [3.05, 3.63) is 29.8 Å². The summed E-state index contributed by atoms with van der Waals surface area (Å²) in [5.41, 5.74) is 1.21. The SMILES string of the molecule is CCCOc1cccc(CCNC(=NCC(=O)N(C)C)NC(C)CC)c1.I. The lowest BCUT2D eigenvalue weighted by Crippen LogP contribution is -2.43. The number of halogens is 1. The zero-order valence-corrected chi connectivity index (χ0v) is 19.6. The molecule has 0 saturated heterocycles. The highest BCUT2D eigenvalue weighted by atomic mass is 127. The molecule has 1 aromatic carbocycles. The average molecular weight is 490 g/mol. The average Bonchev–Trinajstić information content (AvgIpc) is 2.64. The smallest absolute Gasteiger partial charge is 0.243 e. The predicted octanol–water partition coefficient (Wildman–Crippen LogP) is 3.06. The van der Waals surface area contributed by atoms with Crippen molar-refractivity contribution in [3.8, 4) is 5.75 Å². The predicted molar refractivity (Wildman–Crippen MR) is 123 cm³/mol. The molecule has 154 valence electrons. The molecule has 1 rings (SSSR count). The van der Waals surface area contributed by atoms with Gasteiger partial charge >= 0.3 is 0 Å². The van der Waals surface area contributed by atoms with Crippen LogP contribution in [0.15, 0.2) is 29.3 Å². The van der Waals surface area contributed by atoms with Crippen LogP contribution in [0.25, 0.3) is 0 Å². The zero-order valence-electron chi connectivity index (χ0n) is 17.2. The number of likely N-dealkylation sites (N-methyl/N-ethyl adjacent to an activating group) is 1. The molecule has 2 N–H and O–H groups in total. The van der Waals surface area contributed by atoms with Gasteiger partial charge in [0.2, 0.25) is 5.91 Å². The third-order valence-corrected chi connectivity index (χ3v) is 3.94. The largest absolute Gasteiger partial charge is 0.494 e. The molecule has 0 aliphatic carbocycles. The van der Waals surface area contributed by atoms with Crippen LogP contribution in [-0.2, 0) is 11.2 Å². The highest BCUT2D eigenvalue weighted by Crippen LogP contribution is 2.13. The van der Waals surface area contributed by atoms with Crippen molar-refractivity contribution < 1.29 is 9.53 Å². The number of carbonyl (C=O) groups is 1. The van der Waals surface area contributed by atoms with E-state index in [4.69, 9.17) is 4.74 Å². The summed E-state index contributed by atoms with van der Waals surface area (Å²) in [6.45, 7) is 7.91. The van der Waals surface area contributed by atoms with E-state index in [0.717, 1.165) is 38.2 Å². The van der Waals surface area contributed by atoms with E-state index in [2.05, 4.69) is 48.5 Å². The second-order valence-electron chi connectivity index (χ2n) is 6.58. The van der Waals surface area contributed by atoms with Crippen LogP contribution in [0, 0.1) is 0 Å². The topological polar surface area (TPSA) is 66.0 Å². The molecule has 6 nitrogen and oxygen atoms in total. The van der Waals surface area contributed by atoms with Gasteiger partial charge in [-0.1, -0.05) is 26.0 Å². The highest BCUT2D eigenvalue weighted by Gasteiger charge is 2.07. The number of hydrogen-bond donors (Lipinski definition) is 2. The summed E-state index contributed by atoms with van der Waals surface area (Å²) in [6.07, 6.45) is 2.84. The molecule has 1 unspecified atom stereocenters. The molecule has 0 bridgehead atoms. The Balaban J connectivity index is 0.00000676. The normalized spacial score (nSPS) is 12.0. The van der Waals surface area contributed by atoms with Crippen molar-refractivity contribution in [2.75, 3.05) is 33.8 Å². The first-order valence-electron chi connectivity index (χ1n) is 9.43. The Morgan fingerprint density at radius 2 is 2.04 bits per heavy atom. The second kappa shape index (κ2) is 14.5. The number of carbonyl (C=O) groups excluding carboxylic acids is 1. The van der Waals surface area contributed by atoms with Crippen LogP contribution in [0.2, 0.25) is 0 Å². The van der Waals surface area contributed by atoms with Gasteiger partial charge in [0.05, 0.1) is 6.61 Å². The molecule has 0 fully saturated rings. The Hall–Kier alpha value is -1.51. The molecule has 0 radical (unpaired) electrons. The van der Waals surface area contributed by atoms with Gasteiger partial charge in [0.15, 0.2) is 5.96 Å². The van der Waals surface area contributed by atoms with Gasteiger partial charge in [0, 0.05) is 26.7 Å². The third kappa shape index (κ3) is 11.0. The monoisotopic (exact) mass is 490 g/mol. The van der Waals surface area contributed by atoms with Crippen LogP contribution in [0.3, 0.4) is 0 Å². The van der Waals surface area contributed by atoms with Crippen LogP contribution in [0.5, 0.6) is 5.75 Å². The molecule has 0 aromatic heterocycles. The van der Waals surface area contributed by atoms with Crippen molar-refractivity contribution in [1.82, 2.24) is 15.5 Å². The fraction of sp³-hybridized carbons (Fsp3) is 0.600. The van der Waals surface area contributed by atoms with Crippen molar-refractivity contribution in [1.29, 1.82) is 0 Å². The number of amides is 1. The van der Waals surface area contributed by atoms with Crippen LogP contribution < -0.4 is 15.4 Å². The van der Waals surface area contributed by atoms with Gasteiger partial charge in [-0.3, -0.25) is 4.79 Å². The number of nitrogens with zero attached hydrogens (tertiary/aromatic N) is 2. The maximum atomic E-state index is 11.8. The Bertz CT molecular complexity index is 579. The summed E-state index contributed by atoms with van der Waals surface area (Å²) in [4.78, 5) is 17.7. The van der Waals surface area contributed by atoms with E-state index in [-0.39, 0.29) is 36.4 Å². The summed E-state index contributed by atoms with van der Waals surface area (Å²) in [7, 11) is 3.47. The van der Waals surface area contributed by atoms with Gasteiger partial charge < -0.3 is 20.3 Å². The zero-order chi connectivity index (χ0) is 19.4. The van der Waals surface area contributed by atoms with Gasteiger partial charge in [-0.2, -0.15) is 0 Å². The molecule has 0 aliphatic heterocycles. The molecule has 1 atom stereocenters. The van der Waals surface area contributed by atoms with Gasteiger partial charge in [0.1, 0.15) is 12.3 Å². The molecule has 0 heterocycles. The highest BCUT2D eigenvalue weighted by molar-refractivity contribution is 14.0. The maximum Gasteiger partial charge on any atom is 0.243 e. The van der Waals surface area contributed by atoms with Crippen LogP contribution >= 0.6 is 24.0 Å². The minimum atomic E-state index is -0.0176. The Morgan fingerprint density at radius 3 is 2.67 bits per heavy atom. The number of nitrogens with one attached hydrogen (secondary N) is 2. The number of hydrogen-bond acceptors (Lipinski definition) is 3. The minimum absolute atomic E-state index is 0. The Labute approximate surface area is 181 Å². The van der Waals surface area contributed by atoms with Crippen molar-refractivity contribution in [3.63, 3.8) is 0 Å². The van der Waals surface area contributed by atoms with Gasteiger partial charge in [-0.25, -0.2) is 4.99 Å². The molecule has 27 heavy (non-hydrogen) atoms. The molecular formula is C20H35IN4O2. The first-order chi connectivity index (χ1) is 12.5. The van der Waals surface area contributed by atoms with E-state index in [1.165, 1.54) is 5.56 Å². The van der Waals surface area contributed by atoms with Crippen molar-refractivity contribution in [2.24, 2.45) is 4.99 Å². The van der Waals surface area contributed by atoms with Crippen molar-refractivity contribution in [2.45, 2.75) is 46.1 Å². The Kier molecular flexibility index (Phi) is 13.7. The fourth-order valence-corrected chi connectivity index (χ4v) is 2.11. The number of benzene rings is 1. The van der Waals surface area contributed by atoms with E-state index >= 15 is 0 Å². The maximum absolute atomic E-state index is 11.8. The molecule has 0 spiro atoms. The van der Waals surface area contributed by atoms with Gasteiger partial charge in [0.25, 0.3) is 0 Å². The molecule has 1 aromatic rings. The Morgan fingerprint density at radius 1 is 1.30 bits per heavy atom. The molecule has 7 heteroatoms. The number of aliphatic imine (C=N–C) groups is 1. The number of rotatable bonds is 10. The number of ether oxygens (including phenoxy) is 1. The fourth-order valence-electron chi connectivity index (χ4n) is 2.11. The van der Waals surface area contributed by atoms with Gasteiger partial charge in [-0.05, 0) is 43.9 Å². The van der Waals surface area contributed by atoms with Crippen LogP contribution in [0.4, 0.5) is 0 Å². The summed E-state index contributed by atoms with van der Waals surface area (Å²) < 4.78 is 5.68. The molecule has 0 saturated carbocycles. The molecular weight excluding hydrogens is 455 g/mol. The van der Waals surface area contributed by atoms with Crippen LogP contribution in [-0.4, -0.2) is 56.6 Å². The summed E-state index contributed by atoms with van der Waals surface area (Å²) in [5, 5.41) is 6.65. The quantitative estimate of drug-likeness (QED) is 0.301. The summed E-state index contributed by atoms with van der Waals surface area (Å²) >= 11 is 0. The van der Waals surface area contributed by atoms with E-state index < -0.39 is 0 Å².